The number of aliphatic imine (C=N–C) groups is 1. The molecule has 0 amide bonds. The van der Waals surface area contributed by atoms with Gasteiger partial charge < -0.3 is 11.1 Å². The fourth-order valence-electron chi connectivity index (χ4n) is 2.19. The molecule has 0 spiro atoms. The Balaban J connectivity index is 2.38. The Bertz CT molecular complexity index is 423. The van der Waals surface area contributed by atoms with E-state index in [1.165, 1.54) is 16.7 Å². The minimum atomic E-state index is -0.137. The van der Waals surface area contributed by atoms with E-state index in [0.29, 0.717) is 12.5 Å². The van der Waals surface area contributed by atoms with Crippen molar-refractivity contribution < 1.29 is 0 Å². The molecule has 1 aliphatic heterocycles. The molecule has 0 aliphatic carbocycles. The molecule has 3 nitrogen and oxygen atoms in total. The molecule has 2 rings (SSSR count). The van der Waals surface area contributed by atoms with E-state index in [0.717, 1.165) is 0 Å². The van der Waals surface area contributed by atoms with Gasteiger partial charge in [0.25, 0.3) is 0 Å². The lowest BCUT2D eigenvalue weighted by Gasteiger charge is -2.26. The first-order valence-corrected chi connectivity index (χ1v) is 5.17. The number of aryl methyl sites for hydroxylation is 2. The minimum absolute atomic E-state index is 0.137. The second-order valence-corrected chi connectivity index (χ2v) is 4.48. The van der Waals surface area contributed by atoms with Gasteiger partial charge in [0.2, 0.25) is 0 Å². The zero-order valence-electron chi connectivity index (χ0n) is 9.46. The van der Waals surface area contributed by atoms with E-state index in [9.17, 15) is 0 Å². The first kappa shape index (κ1) is 10.0. The molecule has 0 radical (unpaired) electrons. The number of nitrogens with zero attached hydrogens (tertiary/aromatic N) is 1. The normalized spacial score (nSPS) is 24.9. The van der Waals surface area contributed by atoms with Gasteiger partial charge in [0.15, 0.2) is 5.96 Å². The van der Waals surface area contributed by atoms with Crippen LogP contribution in [-0.2, 0) is 5.54 Å². The molecule has 15 heavy (non-hydrogen) atoms. The Morgan fingerprint density at radius 2 is 2.13 bits per heavy atom. The summed E-state index contributed by atoms with van der Waals surface area (Å²) in [4.78, 5) is 4.21. The lowest BCUT2D eigenvalue weighted by Crippen LogP contribution is -2.43. The lowest BCUT2D eigenvalue weighted by molar-refractivity contribution is 0.477. The van der Waals surface area contributed by atoms with Crippen molar-refractivity contribution in [3.05, 3.63) is 34.9 Å². The van der Waals surface area contributed by atoms with Gasteiger partial charge in [-0.3, -0.25) is 4.99 Å². The highest BCUT2D eigenvalue weighted by atomic mass is 15.2. The minimum Gasteiger partial charge on any atom is -0.370 e. The number of nitrogens with two attached hydrogens (primary N) is 1. The van der Waals surface area contributed by atoms with Gasteiger partial charge in [0, 0.05) is 0 Å². The van der Waals surface area contributed by atoms with Crippen LogP contribution in [-0.4, -0.2) is 12.5 Å². The van der Waals surface area contributed by atoms with Crippen LogP contribution in [0.5, 0.6) is 0 Å². The van der Waals surface area contributed by atoms with E-state index < -0.39 is 0 Å². The molecule has 1 heterocycles. The maximum Gasteiger partial charge on any atom is 0.189 e. The molecule has 1 atom stereocenters. The van der Waals surface area contributed by atoms with E-state index in [1.54, 1.807) is 0 Å². The van der Waals surface area contributed by atoms with Gasteiger partial charge in [-0.25, -0.2) is 0 Å². The zero-order valence-corrected chi connectivity index (χ0v) is 9.46. The summed E-state index contributed by atoms with van der Waals surface area (Å²) in [5.74, 6) is 0.539. The summed E-state index contributed by atoms with van der Waals surface area (Å²) in [5, 5.41) is 3.23. The van der Waals surface area contributed by atoms with E-state index >= 15 is 0 Å². The summed E-state index contributed by atoms with van der Waals surface area (Å²) >= 11 is 0. The molecular formula is C12H17N3. The summed E-state index contributed by atoms with van der Waals surface area (Å²) in [6, 6.07) is 6.48. The molecule has 1 aromatic carbocycles. The quantitative estimate of drug-likeness (QED) is 0.725. The number of rotatable bonds is 1. The third kappa shape index (κ3) is 1.69. The van der Waals surface area contributed by atoms with Crippen molar-refractivity contribution in [2.45, 2.75) is 26.3 Å². The first-order chi connectivity index (χ1) is 7.01. The number of nitrogens with one attached hydrogen (secondary N) is 1. The average molecular weight is 203 g/mol. The van der Waals surface area contributed by atoms with Crippen LogP contribution >= 0.6 is 0 Å². The molecule has 1 unspecified atom stereocenters. The van der Waals surface area contributed by atoms with Crippen LogP contribution in [0.1, 0.15) is 23.6 Å². The van der Waals surface area contributed by atoms with Crippen molar-refractivity contribution in [2.24, 2.45) is 10.7 Å². The lowest BCUT2D eigenvalue weighted by atomic mass is 9.88. The molecule has 0 saturated heterocycles. The monoisotopic (exact) mass is 203 g/mol. The van der Waals surface area contributed by atoms with Gasteiger partial charge >= 0.3 is 0 Å². The largest absolute Gasteiger partial charge is 0.370 e. The van der Waals surface area contributed by atoms with E-state index in [-0.39, 0.29) is 5.54 Å². The van der Waals surface area contributed by atoms with Gasteiger partial charge in [-0.2, -0.15) is 0 Å². The molecule has 1 aromatic rings. The van der Waals surface area contributed by atoms with Crippen LogP contribution in [0.2, 0.25) is 0 Å². The van der Waals surface area contributed by atoms with Crippen LogP contribution < -0.4 is 11.1 Å². The number of guanidine groups is 1. The molecular weight excluding hydrogens is 186 g/mol. The predicted octanol–water partition coefficient (Wildman–Crippen LogP) is 1.44. The molecule has 0 saturated carbocycles. The van der Waals surface area contributed by atoms with Crippen LogP contribution in [0.3, 0.4) is 0 Å². The number of hydrogen-bond acceptors (Lipinski definition) is 3. The summed E-state index contributed by atoms with van der Waals surface area (Å²) in [5.41, 5.74) is 9.38. The topological polar surface area (TPSA) is 50.4 Å². The maximum absolute atomic E-state index is 5.67. The maximum atomic E-state index is 5.67. The molecule has 0 aromatic heterocycles. The van der Waals surface area contributed by atoms with E-state index in [1.807, 2.05) is 0 Å². The SMILES string of the molecule is Cc1ccc(C2(C)CN=C(N)N2)c(C)c1. The Hall–Kier alpha value is -1.51. The van der Waals surface area contributed by atoms with Crippen molar-refractivity contribution >= 4 is 5.96 Å². The average Bonchev–Trinajstić information content (AvgIpc) is 2.46. The standard InChI is InChI=1S/C12H17N3/c1-8-4-5-10(9(2)6-8)12(3)7-14-11(13)15-12/h4-6H,7H2,1-3H3,(H3,13,14,15). The second kappa shape index (κ2) is 3.26. The van der Waals surface area contributed by atoms with Crippen molar-refractivity contribution in [2.75, 3.05) is 6.54 Å². The Morgan fingerprint density at radius 3 is 2.67 bits per heavy atom. The molecule has 0 fully saturated rings. The highest BCUT2D eigenvalue weighted by molar-refractivity contribution is 5.81. The van der Waals surface area contributed by atoms with Gasteiger partial charge in [0.1, 0.15) is 0 Å². The molecule has 3 N–H and O–H groups in total. The summed E-state index contributed by atoms with van der Waals surface area (Å²) in [7, 11) is 0. The fourth-order valence-corrected chi connectivity index (χ4v) is 2.19. The second-order valence-electron chi connectivity index (χ2n) is 4.48. The van der Waals surface area contributed by atoms with E-state index in [4.69, 9.17) is 5.73 Å². The van der Waals surface area contributed by atoms with Crippen LogP contribution in [0, 0.1) is 13.8 Å². The van der Waals surface area contributed by atoms with Gasteiger partial charge in [0.05, 0.1) is 12.1 Å². The molecule has 1 aliphatic rings. The third-order valence-electron chi connectivity index (χ3n) is 2.95. The van der Waals surface area contributed by atoms with Gasteiger partial charge in [-0.1, -0.05) is 23.8 Å². The summed E-state index contributed by atoms with van der Waals surface area (Å²) < 4.78 is 0. The van der Waals surface area contributed by atoms with Crippen molar-refractivity contribution in [3.63, 3.8) is 0 Å². The fraction of sp³-hybridized carbons (Fsp3) is 0.417. The highest BCUT2D eigenvalue weighted by Gasteiger charge is 2.32. The Kier molecular flexibility index (Phi) is 2.18. The highest BCUT2D eigenvalue weighted by Crippen LogP contribution is 2.27. The van der Waals surface area contributed by atoms with Gasteiger partial charge in [-0.05, 0) is 31.9 Å². The van der Waals surface area contributed by atoms with E-state index in [2.05, 4.69) is 49.3 Å². The molecule has 80 valence electrons. The van der Waals surface area contributed by atoms with Crippen LogP contribution in [0.4, 0.5) is 0 Å². The van der Waals surface area contributed by atoms with Crippen molar-refractivity contribution in [1.29, 1.82) is 0 Å². The Labute approximate surface area is 90.4 Å². The van der Waals surface area contributed by atoms with Crippen LogP contribution in [0.15, 0.2) is 23.2 Å². The zero-order chi connectivity index (χ0) is 11.1. The third-order valence-corrected chi connectivity index (χ3v) is 2.95. The van der Waals surface area contributed by atoms with Crippen LogP contribution in [0.25, 0.3) is 0 Å². The molecule has 3 heteroatoms. The number of benzene rings is 1. The molecule has 0 bridgehead atoms. The van der Waals surface area contributed by atoms with Crippen molar-refractivity contribution in [1.82, 2.24) is 5.32 Å². The Morgan fingerprint density at radius 1 is 1.40 bits per heavy atom. The predicted molar refractivity (Wildman–Crippen MR) is 62.9 cm³/mol. The summed E-state index contributed by atoms with van der Waals surface area (Å²) in [6.45, 7) is 7.08. The van der Waals surface area contributed by atoms with Gasteiger partial charge in [-0.15, -0.1) is 0 Å². The smallest absolute Gasteiger partial charge is 0.189 e. The summed E-state index contributed by atoms with van der Waals surface area (Å²) in [6.07, 6.45) is 0. The van der Waals surface area contributed by atoms with Crippen molar-refractivity contribution in [3.8, 4) is 0 Å². The number of hydrogen-bond donors (Lipinski definition) is 2. The first-order valence-electron chi connectivity index (χ1n) is 5.17.